The van der Waals surface area contributed by atoms with Crippen LogP contribution in [0.25, 0.3) is 11.0 Å². The van der Waals surface area contributed by atoms with E-state index in [4.69, 9.17) is 4.74 Å². The van der Waals surface area contributed by atoms with Gasteiger partial charge in [-0.2, -0.15) is 13.2 Å². The van der Waals surface area contributed by atoms with Crippen LogP contribution in [0.3, 0.4) is 0 Å². The second-order valence-electron chi connectivity index (χ2n) is 10.5. The van der Waals surface area contributed by atoms with Crippen molar-refractivity contribution in [3.63, 3.8) is 0 Å². The average Bonchev–Trinajstić information content (AvgIpc) is 3.27. The third-order valence-corrected chi connectivity index (χ3v) is 8.04. The summed E-state index contributed by atoms with van der Waals surface area (Å²) in [5.41, 5.74) is -1.04. The van der Waals surface area contributed by atoms with Gasteiger partial charge in [-0.25, -0.2) is 17.8 Å². The molecule has 0 bridgehead atoms. The van der Waals surface area contributed by atoms with Crippen molar-refractivity contribution in [2.24, 2.45) is 0 Å². The highest BCUT2D eigenvalue weighted by atomic mass is 32.2. The van der Waals surface area contributed by atoms with Gasteiger partial charge in [0, 0.05) is 24.9 Å². The van der Waals surface area contributed by atoms with E-state index in [1.165, 1.54) is 44.4 Å². The lowest BCUT2D eigenvalue weighted by Crippen LogP contribution is -2.58. The number of hydrogen-bond acceptors (Lipinski definition) is 7. The molecule has 2 aromatic carbocycles. The number of rotatable bonds is 7. The zero-order chi connectivity index (χ0) is 30.9. The Bertz CT molecular complexity index is 1660. The molecule has 0 saturated carbocycles. The van der Waals surface area contributed by atoms with Crippen LogP contribution in [0.1, 0.15) is 29.3 Å². The van der Waals surface area contributed by atoms with Gasteiger partial charge in [-0.15, -0.1) is 0 Å². The van der Waals surface area contributed by atoms with E-state index in [0.29, 0.717) is 24.4 Å². The summed E-state index contributed by atoms with van der Waals surface area (Å²) in [4.78, 5) is 19.3. The highest BCUT2D eigenvalue weighted by Gasteiger charge is 2.40. The standard InChI is InChI=1S/C28H31F4N5O4S/c1-27(29)15-36(2)11-9-24(27)35-26(38)20-12-18(13-22-25(20)34-17-37(22)16-28(30,31)32)6-5-10-33-21-14-19(42(4,39)40)7-8-23(21)41-3/h7-8,12-14,17,24,33H,9-11,15-16H2,1-4H3,(H,35,38)/t24-,27+/m0/s1. The fraction of sp³-hybridized carbons (Fsp3) is 0.429. The number of methoxy groups -OCH3 is 1. The van der Waals surface area contributed by atoms with Gasteiger partial charge < -0.3 is 24.8 Å². The maximum Gasteiger partial charge on any atom is 0.406 e. The van der Waals surface area contributed by atoms with E-state index < -0.39 is 40.2 Å². The number of halogens is 4. The molecule has 2 N–H and O–H groups in total. The number of aromatic nitrogens is 2. The molecule has 3 aromatic rings. The summed E-state index contributed by atoms with van der Waals surface area (Å²) in [7, 11) is -0.268. The van der Waals surface area contributed by atoms with Crippen LogP contribution in [0.2, 0.25) is 0 Å². The molecular weight excluding hydrogens is 578 g/mol. The number of fused-ring (bicyclic) bond motifs is 1. The molecule has 0 aliphatic carbocycles. The Kier molecular flexibility index (Phi) is 8.75. The van der Waals surface area contributed by atoms with Gasteiger partial charge in [-0.3, -0.25) is 4.79 Å². The minimum atomic E-state index is -4.54. The van der Waals surface area contributed by atoms with Crippen molar-refractivity contribution < 1.29 is 35.5 Å². The largest absolute Gasteiger partial charge is 0.495 e. The molecule has 1 aliphatic rings. The number of hydrogen-bond donors (Lipinski definition) is 2. The van der Waals surface area contributed by atoms with Crippen LogP contribution in [-0.2, 0) is 16.4 Å². The summed E-state index contributed by atoms with van der Waals surface area (Å²) in [5.74, 6) is 5.39. The predicted molar refractivity (Wildman–Crippen MR) is 150 cm³/mol. The second kappa shape index (κ2) is 11.8. The average molecular weight is 610 g/mol. The maximum atomic E-state index is 15.3. The number of carbonyl (C=O) groups is 1. The minimum Gasteiger partial charge on any atom is -0.495 e. The lowest BCUT2D eigenvalue weighted by Gasteiger charge is -2.39. The Hall–Kier alpha value is -3.83. The number of nitrogens with one attached hydrogen (secondary N) is 2. The Morgan fingerprint density at radius 3 is 2.64 bits per heavy atom. The van der Waals surface area contributed by atoms with E-state index in [9.17, 15) is 26.4 Å². The van der Waals surface area contributed by atoms with Crippen molar-refractivity contribution in [3.05, 3.63) is 47.8 Å². The first-order valence-electron chi connectivity index (χ1n) is 12.9. The number of alkyl halides is 4. The van der Waals surface area contributed by atoms with Gasteiger partial charge in [0.05, 0.1) is 47.7 Å². The van der Waals surface area contributed by atoms with E-state index in [2.05, 4.69) is 27.5 Å². The molecule has 1 aliphatic heterocycles. The molecule has 0 unspecified atom stereocenters. The maximum absolute atomic E-state index is 15.3. The van der Waals surface area contributed by atoms with Crippen molar-refractivity contribution in [2.45, 2.75) is 42.7 Å². The first-order chi connectivity index (χ1) is 19.6. The molecule has 9 nitrogen and oxygen atoms in total. The van der Waals surface area contributed by atoms with Gasteiger partial charge in [-0.05, 0) is 50.7 Å². The fourth-order valence-electron chi connectivity index (χ4n) is 4.90. The van der Waals surface area contributed by atoms with Crippen LogP contribution in [0.15, 0.2) is 41.6 Å². The number of ether oxygens (including phenoxy) is 1. The summed E-state index contributed by atoms with van der Waals surface area (Å²) in [6.45, 7) is 0.773. The normalized spacial score (nSPS) is 19.7. The van der Waals surface area contributed by atoms with Crippen molar-refractivity contribution in [2.75, 3.05) is 45.4 Å². The topological polar surface area (TPSA) is 106 Å². The van der Waals surface area contributed by atoms with Gasteiger partial charge in [-0.1, -0.05) is 11.8 Å². The van der Waals surface area contributed by atoms with E-state index in [1.807, 2.05) is 4.90 Å². The number of sulfone groups is 1. The van der Waals surface area contributed by atoms with E-state index in [-0.39, 0.29) is 40.1 Å². The van der Waals surface area contributed by atoms with Gasteiger partial charge in [0.15, 0.2) is 9.84 Å². The molecule has 4 rings (SSSR count). The minimum absolute atomic E-state index is 0.0146. The van der Waals surface area contributed by atoms with Crippen molar-refractivity contribution in [3.8, 4) is 17.6 Å². The molecule has 42 heavy (non-hydrogen) atoms. The predicted octanol–water partition coefficient (Wildman–Crippen LogP) is 3.64. The molecule has 226 valence electrons. The first-order valence-corrected chi connectivity index (χ1v) is 14.8. The molecule has 2 heterocycles. The molecular formula is C28H31F4N5O4S. The summed E-state index contributed by atoms with van der Waals surface area (Å²) in [5, 5.41) is 5.68. The van der Waals surface area contributed by atoms with Crippen molar-refractivity contribution >= 4 is 32.5 Å². The van der Waals surface area contributed by atoms with Crippen LogP contribution in [0.5, 0.6) is 5.75 Å². The molecule has 2 atom stereocenters. The number of piperidine rings is 1. The number of nitrogens with zero attached hydrogens (tertiary/aromatic N) is 3. The van der Waals surface area contributed by atoms with E-state index in [0.717, 1.165) is 17.2 Å². The van der Waals surface area contributed by atoms with E-state index in [1.54, 1.807) is 7.05 Å². The fourth-order valence-corrected chi connectivity index (χ4v) is 5.54. The molecule has 1 fully saturated rings. The molecule has 0 spiro atoms. The van der Waals surface area contributed by atoms with Gasteiger partial charge in [0.25, 0.3) is 5.91 Å². The molecule has 0 radical (unpaired) electrons. The number of amides is 1. The third-order valence-electron chi connectivity index (χ3n) is 6.93. The summed E-state index contributed by atoms with van der Waals surface area (Å²) < 4.78 is 85.0. The van der Waals surface area contributed by atoms with Crippen molar-refractivity contribution in [1.29, 1.82) is 0 Å². The highest BCUT2D eigenvalue weighted by molar-refractivity contribution is 7.90. The highest BCUT2D eigenvalue weighted by Crippen LogP contribution is 2.29. The SMILES string of the molecule is COc1ccc(S(C)(=O)=O)cc1NCC#Cc1cc(C(=O)N[C@H]2CCN(C)C[C@@]2(C)F)c2ncn(CC(F)(F)F)c2c1. The van der Waals surface area contributed by atoms with Crippen LogP contribution in [0.4, 0.5) is 23.2 Å². The van der Waals surface area contributed by atoms with Crippen molar-refractivity contribution in [1.82, 2.24) is 19.8 Å². The van der Waals surface area contributed by atoms with Crippen LogP contribution >= 0.6 is 0 Å². The zero-order valence-electron chi connectivity index (χ0n) is 23.5. The monoisotopic (exact) mass is 609 g/mol. The number of likely N-dealkylation sites (tertiary alicyclic amines) is 1. The smallest absolute Gasteiger partial charge is 0.406 e. The van der Waals surface area contributed by atoms with Gasteiger partial charge in [0.2, 0.25) is 0 Å². The lowest BCUT2D eigenvalue weighted by atomic mass is 9.90. The summed E-state index contributed by atoms with van der Waals surface area (Å²) >= 11 is 0. The Labute approximate surface area is 241 Å². The Morgan fingerprint density at radius 1 is 1.26 bits per heavy atom. The number of benzene rings is 2. The Morgan fingerprint density at radius 2 is 2.00 bits per heavy atom. The van der Waals surface area contributed by atoms with Gasteiger partial charge >= 0.3 is 6.18 Å². The summed E-state index contributed by atoms with van der Waals surface area (Å²) in [6, 6.07) is 6.32. The zero-order valence-corrected chi connectivity index (χ0v) is 24.3. The second-order valence-corrected chi connectivity index (χ2v) is 12.5. The molecule has 1 saturated heterocycles. The van der Waals surface area contributed by atoms with Gasteiger partial charge in [0.1, 0.15) is 23.5 Å². The van der Waals surface area contributed by atoms with Crippen LogP contribution in [-0.4, -0.2) is 86.7 Å². The number of imidazole rings is 1. The van der Waals surface area contributed by atoms with Crippen LogP contribution in [0, 0.1) is 11.8 Å². The number of anilines is 1. The lowest BCUT2D eigenvalue weighted by molar-refractivity contribution is -0.139. The van der Waals surface area contributed by atoms with Crippen LogP contribution < -0.4 is 15.4 Å². The summed E-state index contributed by atoms with van der Waals surface area (Å²) in [6.07, 6.45) is -2.10. The quantitative estimate of drug-likeness (QED) is 0.311. The first kappa shape index (κ1) is 31.1. The third kappa shape index (κ3) is 7.32. The molecule has 1 aromatic heterocycles. The Balaban J connectivity index is 1.65. The molecule has 1 amide bonds. The number of carbonyl (C=O) groups excluding carboxylic acids is 1. The van der Waals surface area contributed by atoms with E-state index >= 15 is 4.39 Å². The molecule has 14 heteroatoms.